The molecule has 6 nitrogen and oxygen atoms in total. The number of aromatic nitrogens is 3. The third-order valence-corrected chi connectivity index (χ3v) is 7.82. The number of hydrogen-bond acceptors (Lipinski definition) is 5. The topological polar surface area (TPSA) is 63.1 Å². The van der Waals surface area contributed by atoms with Gasteiger partial charge in [-0.25, -0.2) is 18.7 Å². The van der Waals surface area contributed by atoms with Gasteiger partial charge in [0.25, 0.3) is 0 Å². The molecule has 5 rings (SSSR count). The van der Waals surface area contributed by atoms with Gasteiger partial charge in [0.1, 0.15) is 11.6 Å². The molecule has 2 atom stereocenters. The van der Waals surface area contributed by atoms with Crippen molar-refractivity contribution in [3.05, 3.63) is 81.0 Å². The van der Waals surface area contributed by atoms with Crippen molar-refractivity contribution in [3.8, 4) is 16.9 Å². The Hall–Kier alpha value is -3.29. The minimum Gasteiger partial charge on any atom is -0.350 e. The first kappa shape index (κ1) is 27.3. The molecule has 1 fully saturated rings. The lowest BCUT2D eigenvalue weighted by atomic mass is 9.92. The summed E-state index contributed by atoms with van der Waals surface area (Å²) in [7, 11) is 0. The molecular weight excluding hydrogens is 513 g/mol. The van der Waals surface area contributed by atoms with Crippen molar-refractivity contribution in [1.29, 1.82) is 0 Å². The second-order valence-electron chi connectivity index (χ2n) is 11.1. The van der Waals surface area contributed by atoms with Gasteiger partial charge in [0, 0.05) is 30.7 Å². The lowest BCUT2D eigenvalue weighted by molar-refractivity contribution is 0.423. The van der Waals surface area contributed by atoms with Crippen molar-refractivity contribution in [2.24, 2.45) is 0 Å². The van der Waals surface area contributed by atoms with E-state index >= 15 is 0 Å². The van der Waals surface area contributed by atoms with E-state index in [2.05, 4.69) is 56.7 Å². The Balaban J connectivity index is 1.92. The SMILES string of the molecule is CC(C)c1cccc(C(C)C)c1-n1c(=O)nc(N2C[C@@H](C)NC[C@@H]2C)c2cc(Cl)c(-c3ccccc3F)nc21. The van der Waals surface area contributed by atoms with Crippen LogP contribution in [0.1, 0.15) is 64.5 Å². The van der Waals surface area contributed by atoms with E-state index in [4.69, 9.17) is 16.6 Å². The number of rotatable bonds is 5. The average molecular weight is 548 g/mol. The van der Waals surface area contributed by atoms with Gasteiger partial charge in [0.05, 0.1) is 21.8 Å². The summed E-state index contributed by atoms with van der Waals surface area (Å²) >= 11 is 6.81. The summed E-state index contributed by atoms with van der Waals surface area (Å²) < 4.78 is 16.6. The van der Waals surface area contributed by atoms with Crippen LogP contribution >= 0.6 is 11.6 Å². The molecule has 3 heterocycles. The molecule has 2 aromatic heterocycles. The lowest BCUT2D eigenvalue weighted by Crippen LogP contribution is -2.55. The van der Waals surface area contributed by atoms with Crippen molar-refractivity contribution in [2.45, 2.75) is 65.5 Å². The number of nitrogens with zero attached hydrogens (tertiary/aromatic N) is 4. The molecule has 204 valence electrons. The third kappa shape index (κ3) is 4.94. The summed E-state index contributed by atoms with van der Waals surface area (Å²) in [5, 5.41) is 4.45. The zero-order chi connectivity index (χ0) is 28.0. The number of nitrogens with one attached hydrogen (secondary N) is 1. The minimum absolute atomic E-state index is 0.103. The van der Waals surface area contributed by atoms with Crippen LogP contribution in [0.25, 0.3) is 28.0 Å². The number of fused-ring (bicyclic) bond motifs is 1. The van der Waals surface area contributed by atoms with Gasteiger partial charge in [-0.2, -0.15) is 4.98 Å². The molecule has 39 heavy (non-hydrogen) atoms. The van der Waals surface area contributed by atoms with Crippen LogP contribution in [0.3, 0.4) is 0 Å². The van der Waals surface area contributed by atoms with E-state index in [0.717, 1.165) is 23.4 Å². The van der Waals surface area contributed by atoms with E-state index < -0.39 is 11.5 Å². The molecule has 0 bridgehead atoms. The summed E-state index contributed by atoms with van der Waals surface area (Å²) in [5.74, 6) is 0.416. The molecule has 2 aromatic carbocycles. The normalized spacial score (nSPS) is 17.9. The fourth-order valence-electron chi connectivity index (χ4n) is 5.45. The molecule has 4 aromatic rings. The first-order valence-electron chi connectivity index (χ1n) is 13.6. The Kier molecular flexibility index (Phi) is 7.49. The Morgan fingerprint density at radius 2 is 1.67 bits per heavy atom. The van der Waals surface area contributed by atoms with Crippen molar-refractivity contribution in [2.75, 3.05) is 18.0 Å². The first-order valence-corrected chi connectivity index (χ1v) is 14.0. The number of halogens is 2. The number of piperazine rings is 1. The summed E-state index contributed by atoms with van der Waals surface area (Å²) in [6.45, 7) is 14.1. The Labute approximate surface area is 233 Å². The molecule has 0 spiro atoms. The number of pyridine rings is 1. The van der Waals surface area contributed by atoms with E-state index in [9.17, 15) is 9.18 Å². The first-order chi connectivity index (χ1) is 18.6. The second-order valence-corrected chi connectivity index (χ2v) is 11.5. The average Bonchev–Trinajstić information content (AvgIpc) is 2.89. The molecule has 0 unspecified atom stereocenters. The van der Waals surface area contributed by atoms with E-state index in [1.54, 1.807) is 28.8 Å². The van der Waals surface area contributed by atoms with Gasteiger partial charge in [0.15, 0.2) is 5.65 Å². The quantitative estimate of drug-likeness (QED) is 0.302. The summed E-state index contributed by atoms with van der Waals surface area (Å²) in [6, 6.07) is 14.7. The van der Waals surface area contributed by atoms with Crippen LogP contribution in [0.15, 0.2) is 53.3 Å². The van der Waals surface area contributed by atoms with Gasteiger partial charge in [-0.3, -0.25) is 0 Å². The Morgan fingerprint density at radius 3 is 2.31 bits per heavy atom. The lowest BCUT2D eigenvalue weighted by Gasteiger charge is -2.39. The zero-order valence-electron chi connectivity index (χ0n) is 23.3. The van der Waals surface area contributed by atoms with Gasteiger partial charge in [-0.05, 0) is 55.0 Å². The fraction of sp³-hybridized carbons (Fsp3) is 0.387. The molecular formula is C31H35ClFN5O. The zero-order valence-corrected chi connectivity index (χ0v) is 24.1. The molecule has 1 aliphatic rings. The monoisotopic (exact) mass is 547 g/mol. The molecule has 0 aliphatic carbocycles. The molecule has 8 heteroatoms. The molecule has 0 radical (unpaired) electrons. The standard InChI is InChI=1S/C31H35ClFN5O/c1-17(2)21-11-9-12-22(18(3)4)28(21)38-30-24(14-25(32)27(35-30)23-10-7-8-13-26(23)33)29(36-31(38)39)37-16-19(5)34-15-20(37)6/h7-14,17-20,34H,15-16H2,1-6H3/t19-,20+/m1/s1. The van der Waals surface area contributed by atoms with Crippen LogP contribution in [0.2, 0.25) is 5.02 Å². The van der Waals surface area contributed by atoms with Crippen LogP contribution < -0.4 is 15.9 Å². The third-order valence-electron chi connectivity index (χ3n) is 7.53. The van der Waals surface area contributed by atoms with Gasteiger partial charge in [0.2, 0.25) is 0 Å². The molecule has 0 amide bonds. The largest absolute Gasteiger partial charge is 0.355 e. The maximum atomic E-state index is 15.0. The molecule has 0 saturated carbocycles. The number of anilines is 1. The number of benzene rings is 2. The minimum atomic E-state index is -0.426. The van der Waals surface area contributed by atoms with E-state index in [0.29, 0.717) is 34.1 Å². The number of para-hydroxylation sites is 1. The highest BCUT2D eigenvalue weighted by Gasteiger charge is 2.29. The molecule has 1 N–H and O–H groups in total. The van der Waals surface area contributed by atoms with Crippen LogP contribution in [-0.2, 0) is 0 Å². The van der Waals surface area contributed by atoms with Gasteiger partial charge in [-0.1, -0.05) is 69.6 Å². The van der Waals surface area contributed by atoms with Crippen LogP contribution in [0.5, 0.6) is 0 Å². The fourth-order valence-corrected chi connectivity index (χ4v) is 5.71. The maximum Gasteiger partial charge on any atom is 0.355 e. The van der Waals surface area contributed by atoms with Crippen LogP contribution in [-0.4, -0.2) is 39.7 Å². The van der Waals surface area contributed by atoms with E-state index in [1.165, 1.54) is 6.07 Å². The predicted molar refractivity (Wildman–Crippen MR) is 158 cm³/mol. The molecule has 1 aliphatic heterocycles. The summed E-state index contributed by atoms with van der Waals surface area (Å²) in [6.07, 6.45) is 0. The smallest absolute Gasteiger partial charge is 0.350 e. The Morgan fingerprint density at radius 1 is 1.00 bits per heavy atom. The predicted octanol–water partition coefficient (Wildman–Crippen LogP) is 6.67. The van der Waals surface area contributed by atoms with Crippen molar-refractivity contribution in [3.63, 3.8) is 0 Å². The second kappa shape index (κ2) is 10.7. The number of hydrogen-bond donors (Lipinski definition) is 1. The van der Waals surface area contributed by atoms with Crippen molar-refractivity contribution in [1.82, 2.24) is 19.9 Å². The highest BCUT2D eigenvalue weighted by molar-refractivity contribution is 6.33. The maximum absolute atomic E-state index is 15.0. The van der Waals surface area contributed by atoms with E-state index in [1.807, 2.05) is 18.2 Å². The van der Waals surface area contributed by atoms with Gasteiger partial charge < -0.3 is 10.2 Å². The van der Waals surface area contributed by atoms with Gasteiger partial charge >= 0.3 is 5.69 Å². The highest BCUT2D eigenvalue weighted by Crippen LogP contribution is 2.37. The van der Waals surface area contributed by atoms with Crippen LogP contribution in [0, 0.1) is 5.82 Å². The van der Waals surface area contributed by atoms with Crippen molar-refractivity contribution < 1.29 is 4.39 Å². The summed E-state index contributed by atoms with van der Waals surface area (Å²) in [5.41, 5.74) is 3.41. The van der Waals surface area contributed by atoms with Gasteiger partial charge in [-0.15, -0.1) is 0 Å². The Bertz CT molecular complexity index is 1570. The van der Waals surface area contributed by atoms with Crippen molar-refractivity contribution >= 4 is 28.5 Å². The van der Waals surface area contributed by atoms with E-state index in [-0.39, 0.29) is 29.5 Å². The van der Waals surface area contributed by atoms with Crippen LogP contribution in [0.4, 0.5) is 10.2 Å². The molecule has 1 saturated heterocycles. The summed E-state index contributed by atoms with van der Waals surface area (Å²) in [4.78, 5) is 25.9. The highest BCUT2D eigenvalue weighted by atomic mass is 35.5.